The molecule has 13 nitrogen and oxygen atoms in total. The Hall–Kier alpha value is -3.77. The van der Waals surface area contributed by atoms with E-state index in [1.165, 1.54) is 12.2 Å². The van der Waals surface area contributed by atoms with Gasteiger partial charge < -0.3 is 23.7 Å². The lowest BCUT2D eigenvalue weighted by molar-refractivity contribution is -0.437. The topological polar surface area (TPSA) is 175 Å². The number of nitrogens with zero attached hydrogens (tertiary/aromatic N) is 1. The van der Waals surface area contributed by atoms with E-state index in [0.717, 1.165) is 34.6 Å². The van der Waals surface area contributed by atoms with Gasteiger partial charge in [0.05, 0.1) is 10.8 Å². The van der Waals surface area contributed by atoms with Crippen molar-refractivity contribution in [1.82, 2.24) is 0 Å². The number of nitro groups is 1. The van der Waals surface area contributed by atoms with E-state index in [1.54, 1.807) is 6.08 Å². The molecule has 1 aliphatic carbocycles. The standard InChI is InChI=1S/C21H27NO12/c1-11(23)30-10-18(31-12(2)24)20(33-14(4)26)21(34-15(5)27)19(32-13(3)25)16-8-6-7-9-17(16)22(28)29/h6-7,9,16,18-21H,8,10H2,1-5H3/t16-,18-,19+,20+,21-/m1/s1. The van der Waals surface area contributed by atoms with Gasteiger partial charge in [-0.3, -0.25) is 34.1 Å². The molecule has 0 saturated heterocycles. The van der Waals surface area contributed by atoms with Gasteiger partial charge in [-0.05, 0) is 6.42 Å². The van der Waals surface area contributed by atoms with Gasteiger partial charge in [-0.2, -0.15) is 0 Å². The third-order valence-electron chi connectivity index (χ3n) is 4.47. The molecule has 1 rings (SSSR count). The third-order valence-corrected chi connectivity index (χ3v) is 4.47. The van der Waals surface area contributed by atoms with Crippen LogP contribution in [0.15, 0.2) is 23.9 Å². The molecule has 0 spiro atoms. The van der Waals surface area contributed by atoms with E-state index in [9.17, 15) is 34.1 Å². The van der Waals surface area contributed by atoms with Crippen molar-refractivity contribution in [2.75, 3.05) is 6.61 Å². The summed E-state index contributed by atoms with van der Waals surface area (Å²) >= 11 is 0. The average Bonchev–Trinajstić information content (AvgIpc) is 2.71. The zero-order chi connectivity index (χ0) is 26.0. The number of hydrogen-bond acceptors (Lipinski definition) is 12. The van der Waals surface area contributed by atoms with Crippen molar-refractivity contribution in [2.24, 2.45) is 5.92 Å². The Labute approximate surface area is 195 Å². The Morgan fingerprint density at radius 2 is 1.41 bits per heavy atom. The van der Waals surface area contributed by atoms with Crippen LogP contribution in [0.5, 0.6) is 0 Å². The van der Waals surface area contributed by atoms with Crippen LogP contribution in [0.2, 0.25) is 0 Å². The zero-order valence-corrected chi connectivity index (χ0v) is 19.4. The summed E-state index contributed by atoms with van der Waals surface area (Å²) in [5.41, 5.74) is -0.350. The molecule has 0 aliphatic heterocycles. The number of carbonyl (C=O) groups is 5. The van der Waals surface area contributed by atoms with Crippen LogP contribution >= 0.6 is 0 Å². The minimum absolute atomic E-state index is 0.0114. The van der Waals surface area contributed by atoms with Gasteiger partial charge in [0.25, 0.3) is 5.70 Å². The maximum absolute atomic E-state index is 12.0. The summed E-state index contributed by atoms with van der Waals surface area (Å²) in [5.74, 6) is -5.42. The molecule has 13 heteroatoms. The largest absolute Gasteiger partial charge is 0.462 e. The lowest BCUT2D eigenvalue weighted by Gasteiger charge is -2.37. The monoisotopic (exact) mass is 485 g/mol. The molecule has 0 heterocycles. The molecule has 0 aromatic carbocycles. The van der Waals surface area contributed by atoms with Gasteiger partial charge in [0, 0.05) is 40.7 Å². The number of ether oxygens (including phenoxy) is 5. The summed E-state index contributed by atoms with van der Waals surface area (Å²) in [4.78, 5) is 69.9. The second-order valence-corrected chi connectivity index (χ2v) is 7.29. The molecule has 0 aromatic heterocycles. The molecule has 188 valence electrons. The zero-order valence-electron chi connectivity index (χ0n) is 19.4. The highest BCUT2D eigenvalue weighted by molar-refractivity contribution is 5.69. The first kappa shape index (κ1) is 28.3. The SMILES string of the molecule is CC(=O)OC[C@@H](OC(C)=O)[C@H](OC(C)=O)[C@H](OC(C)=O)[C@@H](OC(C)=O)[C@@H]1CC=CC=C1[N+](=O)[O-]. The number of allylic oxidation sites excluding steroid dienone is 3. The smallest absolute Gasteiger partial charge is 0.303 e. The van der Waals surface area contributed by atoms with Crippen molar-refractivity contribution in [3.63, 3.8) is 0 Å². The van der Waals surface area contributed by atoms with Crippen LogP contribution in [0, 0.1) is 16.0 Å². The second-order valence-electron chi connectivity index (χ2n) is 7.29. The first-order valence-corrected chi connectivity index (χ1v) is 10.2. The molecule has 0 saturated carbocycles. The molecule has 0 aromatic rings. The molecule has 0 amide bonds. The maximum atomic E-state index is 12.0. The number of carbonyl (C=O) groups excluding carboxylic acids is 5. The third kappa shape index (κ3) is 9.00. The fourth-order valence-electron chi connectivity index (χ4n) is 3.37. The van der Waals surface area contributed by atoms with E-state index in [0.29, 0.717) is 0 Å². The highest BCUT2D eigenvalue weighted by atomic mass is 16.6. The Kier molecular flexibility index (Phi) is 10.9. The van der Waals surface area contributed by atoms with E-state index in [1.807, 2.05) is 0 Å². The Morgan fingerprint density at radius 3 is 1.88 bits per heavy atom. The lowest BCUT2D eigenvalue weighted by atomic mass is 9.85. The van der Waals surface area contributed by atoms with Gasteiger partial charge in [0.15, 0.2) is 24.4 Å². The van der Waals surface area contributed by atoms with Crippen LogP contribution in [0.3, 0.4) is 0 Å². The molecule has 0 unspecified atom stereocenters. The quantitative estimate of drug-likeness (QED) is 0.176. The first-order valence-electron chi connectivity index (χ1n) is 10.2. The van der Waals surface area contributed by atoms with Crippen LogP contribution in [0.1, 0.15) is 41.0 Å². The fourth-order valence-corrected chi connectivity index (χ4v) is 3.37. The molecule has 0 radical (unpaired) electrons. The van der Waals surface area contributed by atoms with E-state index in [2.05, 4.69) is 0 Å². The fraction of sp³-hybridized carbons (Fsp3) is 0.571. The van der Waals surface area contributed by atoms with Crippen LogP contribution < -0.4 is 0 Å². The Bertz CT molecular complexity index is 877. The molecule has 1 aliphatic rings. The number of rotatable bonds is 11. The molecular weight excluding hydrogens is 458 g/mol. The minimum atomic E-state index is -1.68. The molecule has 0 bridgehead atoms. The number of esters is 5. The van der Waals surface area contributed by atoms with Crippen LogP contribution in [0.25, 0.3) is 0 Å². The number of hydrogen-bond donors (Lipinski definition) is 0. The summed E-state index contributed by atoms with van der Waals surface area (Å²) in [5, 5.41) is 11.6. The predicted molar refractivity (Wildman–Crippen MR) is 111 cm³/mol. The molecule has 34 heavy (non-hydrogen) atoms. The van der Waals surface area contributed by atoms with E-state index in [4.69, 9.17) is 23.7 Å². The van der Waals surface area contributed by atoms with Gasteiger partial charge in [0.2, 0.25) is 0 Å². The van der Waals surface area contributed by atoms with Gasteiger partial charge in [0.1, 0.15) is 6.61 Å². The average molecular weight is 485 g/mol. The highest BCUT2D eigenvalue weighted by Crippen LogP contribution is 2.32. The Balaban J connectivity index is 3.64. The lowest BCUT2D eigenvalue weighted by Crippen LogP contribution is -2.55. The van der Waals surface area contributed by atoms with Crippen LogP contribution in [-0.2, 0) is 47.7 Å². The van der Waals surface area contributed by atoms with E-state index >= 15 is 0 Å². The predicted octanol–water partition coefficient (Wildman–Crippen LogP) is 1.01. The van der Waals surface area contributed by atoms with Crippen molar-refractivity contribution in [1.29, 1.82) is 0 Å². The van der Waals surface area contributed by atoms with Crippen molar-refractivity contribution in [3.8, 4) is 0 Å². The van der Waals surface area contributed by atoms with Crippen molar-refractivity contribution >= 4 is 29.8 Å². The van der Waals surface area contributed by atoms with Crippen molar-refractivity contribution < 1.29 is 52.6 Å². The van der Waals surface area contributed by atoms with Crippen molar-refractivity contribution in [3.05, 3.63) is 34.0 Å². The summed E-state index contributed by atoms with van der Waals surface area (Å²) in [7, 11) is 0. The molecular formula is C21H27NO12. The summed E-state index contributed by atoms with van der Waals surface area (Å²) in [6.07, 6.45) is -2.17. The molecule has 0 fully saturated rings. The van der Waals surface area contributed by atoms with E-state index < -0.39 is 71.7 Å². The summed E-state index contributed by atoms with van der Waals surface area (Å²) in [6.45, 7) is 4.58. The summed E-state index contributed by atoms with van der Waals surface area (Å²) < 4.78 is 26.0. The highest BCUT2D eigenvalue weighted by Gasteiger charge is 2.49. The normalized spacial score (nSPS) is 18.3. The Morgan fingerprint density at radius 1 is 0.882 bits per heavy atom. The van der Waals surface area contributed by atoms with Crippen molar-refractivity contribution in [2.45, 2.75) is 65.5 Å². The van der Waals surface area contributed by atoms with Gasteiger partial charge in [-0.1, -0.05) is 12.2 Å². The van der Waals surface area contributed by atoms with Gasteiger partial charge in [-0.25, -0.2) is 0 Å². The van der Waals surface area contributed by atoms with E-state index in [-0.39, 0.29) is 12.1 Å². The summed E-state index contributed by atoms with van der Waals surface area (Å²) in [6, 6.07) is 0. The van der Waals surface area contributed by atoms with Crippen LogP contribution in [-0.4, -0.2) is 65.8 Å². The minimum Gasteiger partial charge on any atom is -0.462 e. The molecule has 5 atom stereocenters. The van der Waals surface area contributed by atoms with Gasteiger partial charge in [-0.15, -0.1) is 0 Å². The maximum Gasteiger partial charge on any atom is 0.303 e. The molecule has 0 N–H and O–H groups in total. The first-order chi connectivity index (χ1) is 15.8. The second kappa shape index (κ2) is 13.1. The van der Waals surface area contributed by atoms with Crippen LogP contribution in [0.4, 0.5) is 0 Å². The van der Waals surface area contributed by atoms with Gasteiger partial charge >= 0.3 is 29.8 Å².